The second-order valence-corrected chi connectivity index (χ2v) is 4.12. The normalized spacial score (nSPS) is 20.2. The van der Waals surface area contributed by atoms with Gasteiger partial charge in [0.1, 0.15) is 0 Å². The van der Waals surface area contributed by atoms with Gasteiger partial charge in [-0.2, -0.15) is 0 Å². The van der Waals surface area contributed by atoms with Crippen LogP contribution >= 0.6 is 15.9 Å². The lowest BCUT2D eigenvalue weighted by molar-refractivity contribution is -0.385. The Morgan fingerprint density at radius 2 is 2.29 bits per heavy atom. The minimum absolute atomic E-state index is 0.135. The average Bonchev–Trinajstić information content (AvgIpc) is 2.04. The summed E-state index contributed by atoms with van der Waals surface area (Å²) in [6.07, 6.45) is 1.05. The van der Waals surface area contributed by atoms with Crippen molar-refractivity contribution in [3.8, 4) is 0 Å². The van der Waals surface area contributed by atoms with Crippen molar-refractivity contribution in [3.05, 3.63) is 38.3 Å². The lowest BCUT2D eigenvalue weighted by Crippen LogP contribution is -2.34. The summed E-state index contributed by atoms with van der Waals surface area (Å²) in [6.45, 7) is 0.995. The van der Waals surface area contributed by atoms with Crippen molar-refractivity contribution in [2.24, 2.45) is 0 Å². The number of benzene rings is 1. The van der Waals surface area contributed by atoms with Crippen molar-refractivity contribution in [1.29, 1.82) is 0 Å². The van der Waals surface area contributed by atoms with E-state index in [1.54, 1.807) is 12.1 Å². The zero-order chi connectivity index (χ0) is 10.1. The van der Waals surface area contributed by atoms with Gasteiger partial charge < -0.3 is 5.32 Å². The Balaban J connectivity index is 2.34. The molecule has 0 saturated carbocycles. The minimum atomic E-state index is -0.369. The maximum Gasteiger partial charge on any atom is 0.283 e. The first kappa shape index (κ1) is 9.61. The molecule has 5 heteroatoms. The molecule has 14 heavy (non-hydrogen) atoms. The molecule has 0 bridgehead atoms. The molecule has 1 heterocycles. The van der Waals surface area contributed by atoms with Crippen LogP contribution in [0.4, 0.5) is 5.69 Å². The fourth-order valence-corrected chi connectivity index (χ4v) is 1.85. The standard InChI is InChI=1S/C9H9BrN2O2/c10-7-2-1-6(8-3-4-11-8)5-9(7)12(13)14/h1-2,5,8,11H,3-4H2. The quantitative estimate of drug-likeness (QED) is 0.653. The predicted octanol–water partition coefficient (Wildman–Crippen LogP) is 2.39. The van der Waals surface area contributed by atoms with E-state index in [9.17, 15) is 10.1 Å². The predicted molar refractivity (Wildman–Crippen MR) is 56.2 cm³/mol. The van der Waals surface area contributed by atoms with Crippen molar-refractivity contribution >= 4 is 21.6 Å². The highest BCUT2D eigenvalue weighted by atomic mass is 79.9. The summed E-state index contributed by atoms with van der Waals surface area (Å²) in [5.41, 5.74) is 1.13. The van der Waals surface area contributed by atoms with Crippen LogP contribution in [-0.2, 0) is 0 Å². The molecule has 1 aliphatic rings. The first-order chi connectivity index (χ1) is 6.68. The second-order valence-electron chi connectivity index (χ2n) is 3.26. The van der Waals surface area contributed by atoms with Crippen LogP contribution in [0, 0.1) is 10.1 Å². The van der Waals surface area contributed by atoms with Gasteiger partial charge >= 0.3 is 0 Å². The summed E-state index contributed by atoms with van der Waals surface area (Å²) in [5.74, 6) is 0. The van der Waals surface area contributed by atoms with Crippen LogP contribution in [0.5, 0.6) is 0 Å². The van der Waals surface area contributed by atoms with Crippen molar-refractivity contribution < 1.29 is 4.92 Å². The van der Waals surface area contributed by atoms with Crippen LogP contribution < -0.4 is 5.32 Å². The smallest absolute Gasteiger partial charge is 0.283 e. The largest absolute Gasteiger partial charge is 0.310 e. The molecule has 4 nitrogen and oxygen atoms in total. The van der Waals surface area contributed by atoms with Crippen molar-refractivity contribution in [3.63, 3.8) is 0 Å². The fraction of sp³-hybridized carbons (Fsp3) is 0.333. The Morgan fingerprint density at radius 3 is 2.79 bits per heavy atom. The fourth-order valence-electron chi connectivity index (χ4n) is 1.46. The molecule has 1 N–H and O–H groups in total. The molecule has 1 atom stereocenters. The first-order valence-electron chi connectivity index (χ1n) is 4.35. The van der Waals surface area contributed by atoms with Crippen LogP contribution in [0.1, 0.15) is 18.0 Å². The maximum atomic E-state index is 10.7. The van der Waals surface area contributed by atoms with E-state index in [0.29, 0.717) is 10.5 Å². The zero-order valence-corrected chi connectivity index (χ0v) is 8.95. The lowest BCUT2D eigenvalue weighted by Gasteiger charge is -2.27. The van der Waals surface area contributed by atoms with Crippen LogP contribution in [0.2, 0.25) is 0 Å². The van der Waals surface area contributed by atoms with Gasteiger partial charge in [0, 0.05) is 12.1 Å². The molecule has 74 valence electrons. The molecule has 1 fully saturated rings. The van der Waals surface area contributed by atoms with Crippen LogP contribution in [-0.4, -0.2) is 11.5 Å². The summed E-state index contributed by atoms with van der Waals surface area (Å²) < 4.78 is 0.533. The number of halogens is 1. The maximum absolute atomic E-state index is 10.7. The van der Waals surface area contributed by atoms with E-state index in [0.717, 1.165) is 18.5 Å². The van der Waals surface area contributed by atoms with Crippen molar-refractivity contribution in [2.45, 2.75) is 12.5 Å². The van der Waals surface area contributed by atoms with Crippen LogP contribution in [0.3, 0.4) is 0 Å². The first-order valence-corrected chi connectivity index (χ1v) is 5.15. The Hall–Kier alpha value is -0.940. The molecule has 0 amide bonds. The molecule has 1 saturated heterocycles. The van der Waals surface area contributed by atoms with Gasteiger partial charge in [-0.15, -0.1) is 0 Å². The summed E-state index contributed by atoms with van der Waals surface area (Å²) in [5, 5.41) is 13.9. The highest BCUT2D eigenvalue weighted by Crippen LogP contribution is 2.30. The number of nitro groups is 1. The van der Waals surface area contributed by atoms with E-state index >= 15 is 0 Å². The van der Waals surface area contributed by atoms with Gasteiger partial charge in [0.2, 0.25) is 0 Å². The molecule has 1 aliphatic heterocycles. The van der Waals surface area contributed by atoms with E-state index in [1.165, 1.54) is 0 Å². The van der Waals surface area contributed by atoms with E-state index in [2.05, 4.69) is 21.2 Å². The highest BCUT2D eigenvalue weighted by molar-refractivity contribution is 9.10. The number of nitrogens with one attached hydrogen (secondary N) is 1. The number of nitrogens with zero attached hydrogens (tertiary/aromatic N) is 1. The number of hydrogen-bond acceptors (Lipinski definition) is 3. The van der Waals surface area contributed by atoms with Gasteiger partial charge in [-0.3, -0.25) is 10.1 Å². The summed E-state index contributed by atoms with van der Waals surface area (Å²) >= 11 is 3.16. The van der Waals surface area contributed by atoms with Crippen molar-refractivity contribution in [1.82, 2.24) is 5.32 Å². The monoisotopic (exact) mass is 256 g/mol. The second kappa shape index (κ2) is 3.67. The number of rotatable bonds is 2. The molecular formula is C9H9BrN2O2. The third-order valence-corrected chi connectivity index (χ3v) is 3.06. The van der Waals surface area contributed by atoms with Gasteiger partial charge in [-0.1, -0.05) is 6.07 Å². The number of nitro benzene ring substituents is 1. The van der Waals surface area contributed by atoms with Crippen LogP contribution in [0.25, 0.3) is 0 Å². The highest BCUT2D eigenvalue weighted by Gasteiger charge is 2.21. The molecule has 2 rings (SSSR count). The zero-order valence-electron chi connectivity index (χ0n) is 7.37. The molecule has 1 aromatic rings. The molecule has 0 radical (unpaired) electrons. The van der Waals surface area contributed by atoms with E-state index in [4.69, 9.17) is 0 Å². The third kappa shape index (κ3) is 1.65. The Bertz CT molecular complexity index is 377. The minimum Gasteiger partial charge on any atom is -0.310 e. The van der Waals surface area contributed by atoms with E-state index in [1.807, 2.05) is 6.07 Å². The SMILES string of the molecule is O=[N+]([O-])c1cc(C2CCN2)ccc1Br. The molecule has 0 aromatic heterocycles. The van der Waals surface area contributed by atoms with Gasteiger partial charge in [0.05, 0.1) is 9.40 Å². The van der Waals surface area contributed by atoms with Gasteiger partial charge in [0.25, 0.3) is 5.69 Å². The topological polar surface area (TPSA) is 55.2 Å². The van der Waals surface area contributed by atoms with Crippen LogP contribution in [0.15, 0.2) is 22.7 Å². The van der Waals surface area contributed by atoms with E-state index < -0.39 is 0 Å². The summed E-state index contributed by atoms with van der Waals surface area (Å²) in [6, 6.07) is 5.56. The van der Waals surface area contributed by atoms with Gasteiger partial charge in [-0.25, -0.2) is 0 Å². The lowest BCUT2D eigenvalue weighted by atomic mass is 9.98. The van der Waals surface area contributed by atoms with Gasteiger partial charge in [0.15, 0.2) is 0 Å². The molecule has 1 aromatic carbocycles. The number of hydrogen-bond donors (Lipinski definition) is 1. The van der Waals surface area contributed by atoms with Crippen molar-refractivity contribution in [2.75, 3.05) is 6.54 Å². The molecule has 0 spiro atoms. The third-order valence-electron chi connectivity index (χ3n) is 2.39. The molecule has 0 aliphatic carbocycles. The average molecular weight is 257 g/mol. The van der Waals surface area contributed by atoms with E-state index in [-0.39, 0.29) is 10.6 Å². The Labute approximate surface area is 89.6 Å². The molecule has 1 unspecified atom stereocenters. The Kier molecular flexibility index (Phi) is 2.52. The Morgan fingerprint density at radius 1 is 1.57 bits per heavy atom. The summed E-state index contributed by atoms with van der Waals surface area (Å²) in [7, 11) is 0. The van der Waals surface area contributed by atoms with Gasteiger partial charge in [-0.05, 0) is 40.5 Å². The molecular weight excluding hydrogens is 248 g/mol. The summed E-state index contributed by atoms with van der Waals surface area (Å²) in [4.78, 5) is 10.3.